The van der Waals surface area contributed by atoms with Crippen molar-refractivity contribution in [2.75, 3.05) is 31.2 Å². The van der Waals surface area contributed by atoms with Crippen LogP contribution in [0.5, 0.6) is 0 Å². The van der Waals surface area contributed by atoms with Crippen LogP contribution in [0, 0.1) is 0 Å². The molecular formula is C11H15NO2. The van der Waals surface area contributed by atoms with Gasteiger partial charge in [0.1, 0.15) is 0 Å². The number of rotatable bonds is 1. The SMILES string of the molecule is OC1COCCN(c2ccccc2)C1. The lowest BCUT2D eigenvalue weighted by atomic mass is 10.2. The first-order valence-corrected chi connectivity index (χ1v) is 4.92. The van der Waals surface area contributed by atoms with Crippen LogP contribution in [0.2, 0.25) is 0 Å². The van der Waals surface area contributed by atoms with Crippen LogP contribution in [0.15, 0.2) is 30.3 Å². The second kappa shape index (κ2) is 4.44. The summed E-state index contributed by atoms with van der Waals surface area (Å²) in [5, 5.41) is 9.55. The molecule has 1 heterocycles. The summed E-state index contributed by atoms with van der Waals surface area (Å²) >= 11 is 0. The van der Waals surface area contributed by atoms with Gasteiger partial charge in [0.15, 0.2) is 0 Å². The number of ether oxygens (including phenoxy) is 1. The largest absolute Gasteiger partial charge is 0.389 e. The zero-order valence-corrected chi connectivity index (χ0v) is 8.10. The quantitative estimate of drug-likeness (QED) is 0.718. The van der Waals surface area contributed by atoms with Gasteiger partial charge in [0, 0.05) is 18.8 Å². The van der Waals surface area contributed by atoms with Gasteiger partial charge in [0.2, 0.25) is 0 Å². The van der Waals surface area contributed by atoms with Gasteiger partial charge in [-0.2, -0.15) is 0 Å². The molecule has 0 radical (unpaired) electrons. The second-order valence-electron chi connectivity index (χ2n) is 3.51. The summed E-state index contributed by atoms with van der Waals surface area (Å²) in [5.41, 5.74) is 1.15. The van der Waals surface area contributed by atoms with Crippen molar-refractivity contribution in [1.82, 2.24) is 0 Å². The molecule has 3 nitrogen and oxygen atoms in total. The summed E-state index contributed by atoms with van der Waals surface area (Å²) in [6.07, 6.45) is -0.377. The Kier molecular flexibility index (Phi) is 3.01. The molecule has 0 amide bonds. The topological polar surface area (TPSA) is 32.7 Å². The van der Waals surface area contributed by atoms with Crippen LogP contribution in [-0.4, -0.2) is 37.5 Å². The Labute approximate surface area is 83.9 Å². The molecule has 1 aromatic rings. The monoisotopic (exact) mass is 193 g/mol. The van der Waals surface area contributed by atoms with E-state index in [0.29, 0.717) is 19.8 Å². The minimum atomic E-state index is -0.377. The Morgan fingerprint density at radius 3 is 2.86 bits per heavy atom. The van der Waals surface area contributed by atoms with Crippen molar-refractivity contribution >= 4 is 5.69 Å². The van der Waals surface area contributed by atoms with Gasteiger partial charge < -0.3 is 14.7 Å². The number of para-hydroxylation sites is 1. The molecule has 3 heteroatoms. The molecule has 14 heavy (non-hydrogen) atoms. The highest BCUT2D eigenvalue weighted by atomic mass is 16.5. The molecule has 1 aromatic carbocycles. The minimum absolute atomic E-state index is 0.377. The van der Waals surface area contributed by atoms with Crippen molar-refractivity contribution in [1.29, 1.82) is 0 Å². The molecule has 1 atom stereocenters. The van der Waals surface area contributed by atoms with E-state index in [9.17, 15) is 5.11 Å². The van der Waals surface area contributed by atoms with Crippen molar-refractivity contribution in [3.05, 3.63) is 30.3 Å². The first-order valence-electron chi connectivity index (χ1n) is 4.92. The Bertz CT molecular complexity index is 276. The number of aliphatic hydroxyl groups excluding tert-OH is 1. The number of hydrogen-bond acceptors (Lipinski definition) is 3. The third-order valence-electron chi connectivity index (χ3n) is 2.37. The maximum atomic E-state index is 9.55. The van der Waals surface area contributed by atoms with Gasteiger partial charge in [-0.05, 0) is 12.1 Å². The predicted molar refractivity (Wildman–Crippen MR) is 55.5 cm³/mol. The fraction of sp³-hybridized carbons (Fsp3) is 0.455. The number of β-amino-alcohol motifs (C(OH)–C–C–N with tert-alkyl or cyclic N) is 1. The highest BCUT2D eigenvalue weighted by molar-refractivity contribution is 5.46. The van der Waals surface area contributed by atoms with Crippen LogP contribution in [0.1, 0.15) is 0 Å². The van der Waals surface area contributed by atoms with E-state index in [1.54, 1.807) is 0 Å². The fourth-order valence-corrected chi connectivity index (χ4v) is 1.67. The van der Waals surface area contributed by atoms with Gasteiger partial charge in [-0.1, -0.05) is 18.2 Å². The molecule has 1 aliphatic heterocycles. The lowest BCUT2D eigenvalue weighted by Crippen LogP contribution is -2.32. The van der Waals surface area contributed by atoms with Crippen molar-refractivity contribution in [2.24, 2.45) is 0 Å². The molecule has 1 unspecified atom stereocenters. The molecule has 1 fully saturated rings. The normalized spacial score (nSPS) is 23.2. The smallest absolute Gasteiger partial charge is 0.0948 e. The third kappa shape index (κ3) is 2.25. The first kappa shape index (κ1) is 9.49. The lowest BCUT2D eigenvalue weighted by molar-refractivity contribution is 0.0597. The fourth-order valence-electron chi connectivity index (χ4n) is 1.67. The van der Waals surface area contributed by atoms with Crippen molar-refractivity contribution in [3.8, 4) is 0 Å². The van der Waals surface area contributed by atoms with Gasteiger partial charge in [0.05, 0.1) is 19.3 Å². The molecule has 76 valence electrons. The van der Waals surface area contributed by atoms with Gasteiger partial charge in [0.25, 0.3) is 0 Å². The first-order chi connectivity index (χ1) is 6.86. The molecule has 1 saturated heterocycles. The standard InChI is InChI=1S/C11H15NO2/c13-11-8-12(6-7-14-9-11)10-4-2-1-3-5-10/h1-5,11,13H,6-9H2. The average Bonchev–Trinajstić information content (AvgIpc) is 2.44. The molecule has 0 aromatic heterocycles. The van der Waals surface area contributed by atoms with E-state index in [1.807, 2.05) is 18.2 Å². The number of aliphatic hydroxyl groups is 1. The van der Waals surface area contributed by atoms with E-state index >= 15 is 0 Å². The molecule has 0 bridgehead atoms. The molecule has 1 N–H and O–H groups in total. The molecule has 0 spiro atoms. The van der Waals surface area contributed by atoms with Crippen LogP contribution in [0.25, 0.3) is 0 Å². The van der Waals surface area contributed by atoms with Gasteiger partial charge >= 0.3 is 0 Å². The molecule has 2 rings (SSSR count). The van der Waals surface area contributed by atoms with E-state index in [2.05, 4.69) is 17.0 Å². The van der Waals surface area contributed by atoms with E-state index in [0.717, 1.165) is 12.2 Å². The summed E-state index contributed by atoms with van der Waals surface area (Å²) in [6.45, 7) is 2.64. The van der Waals surface area contributed by atoms with Gasteiger partial charge in [-0.3, -0.25) is 0 Å². The summed E-state index contributed by atoms with van der Waals surface area (Å²) in [4.78, 5) is 2.15. The molecule has 0 saturated carbocycles. The Hall–Kier alpha value is -1.06. The minimum Gasteiger partial charge on any atom is -0.389 e. The second-order valence-corrected chi connectivity index (χ2v) is 3.51. The molecule has 1 aliphatic rings. The predicted octanol–water partition coefficient (Wildman–Crippen LogP) is 0.884. The van der Waals surface area contributed by atoms with Crippen LogP contribution >= 0.6 is 0 Å². The van der Waals surface area contributed by atoms with E-state index in [-0.39, 0.29) is 6.10 Å². The Morgan fingerprint density at radius 2 is 2.07 bits per heavy atom. The van der Waals surface area contributed by atoms with Gasteiger partial charge in [-0.15, -0.1) is 0 Å². The van der Waals surface area contributed by atoms with Crippen molar-refractivity contribution in [2.45, 2.75) is 6.10 Å². The molecular weight excluding hydrogens is 178 g/mol. The lowest BCUT2D eigenvalue weighted by Gasteiger charge is -2.23. The highest BCUT2D eigenvalue weighted by Crippen LogP contribution is 2.14. The summed E-state index contributed by atoms with van der Waals surface area (Å²) in [6, 6.07) is 10.1. The molecule has 0 aliphatic carbocycles. The number of hydrogen-bond donors (Lipinski definition) is 1. The number of nitrogens with zero attached hydrogens (tertiary/aromatic N) is 1. The van der Waals surface area contributed by atoms with Crippen LogP contribution in [0.4, 0.5) is 5.69 Å². The Balaban J connectivity index is 2.09. The van der Waals surface area contributed by atoms with Crippen molar-refractivity contribution in [3.63, 3.8) is 0 Å². The third-order valence-corrected chi connectivity index (χ3v) is 2.37. The van der Waals surface area contributed by atoms with Crippen LogP contribution in [-0.2, 0) is 4.74 Å². The van der Waals surface area contributed by atoms with E-state index in [1.165, 1.54) is 0 Å². The summed E-state index contributed by atoms with van der Waals surface area (Å²) in [7, 11) is 0. The van der Waals surface area contributed by atoms with E-state index < -0.39 is 0 Å². The summed E-state index contributed by atoms with van der Waals surface area (Å²) in [5.74, 6) is 0. The zero-order valence-electron chi connectivity index (χ0n) is 8.10. The summed E-state index contributed by atoms with van der Waals surface area (Å²) < 4.78 is 5.27. The maximum Gasteiger partial charge on any atom is 0.0948 e. The van der Waals surface area contributed by atoms with E-state index in [4.69, 9.17) is 4.74 Å². The van der Waals surface area contributed by atoms with Crippen LogP contribution in [0.3, 0.4) is 0 Å². The average molecular weight is 193 g/mol. The van der Waals surface area contributed by atoms with Crippen molar-refractivity contribution < 1.29 is 9.84 Å². The zero-order chi connectivity index (χ0) is 9.80. The van der Waals surface area contributed by atoms with Gasteiger partial charge in [-0.25, -0.2) is 0 Å². The van der Waals surface area contributed by atoms with Crippen LogP contribution < -0.4 is 4.90 Å². The highest BCUT2D eigenvalue weighted by Gasteiger charge is 2.15. The maximum absolute atomic E-state index is 9.55. The number of benzene rings is 1. The Morgan fingerprint density at radius 1 is 1.29 bits per heavy atom. The number of anilines is 1.